The van der Waals surface area contributed by atoms with Gasteiger partial charge in [-0.3, -0.25) is 0 Å². The number of likely N-dealkylation sites (N-methyl/N-ethyl adjacent to an activating group) is 1. The number of hydrogen-bond acceptors (Lipinski definition) is 3. The van der Waals surface area contributed by atoms with Crippen LogP contribution >= 0.6 is 0 Å². The van der Waals surface area contributed by atoms with Gasteiger partial charge >= 0.3 is 0 Å². The molecule has 0 saturated carbocycles. The van der Waals surface area contributed by atoms with Crippen molar-refractivity contribution in [1.29, 1.82) is 0 Å². The van der Waals surface area contributed by atoms with Gasteiger partial charge in [0.05, 0.1) is 14.2 Å². The Labute approximate surface area is 92.1 Å². The van der Waals surface area contributed by atoms with Crippen molar-refractivity contribution in [2.24, 2.45) is 0 Å². The summed E-state index contributed by atoms with van der Waals surface area (Å²) in [7, 11) is 2.99. The summed E-state index contributed by atoms with van der Waals surface area (Å²) in [6.07, 6.45) is -0.0915. The van der Waals surface area contributed by atoms with Gasteiger partial charge in [-0.15, -0.1) is 0 Å². The summed E-state index contributed by atoms with van der Waals surface area (Å²) in [5.41, 5.74) is 0.611. The molecule has 0 heterocycles. The Balaban J connectivity index is 2.87. The summed E-state index contributed by atoms with van der Waals surface area (Å²) < 4.78 is 46.6. The topological polar surface area (TPSA) is 30.5 Å². The van der Waals surface area contributed by atoms with E-state index < -0.39 is 13.5 Å². The molecule has 0 aliphatic heterocycles. The number of methoxy groups -OCH3 is 2. The molecule has 78 valence electrons. The first kappa shape index (κ1) is 5.61. The number of nitrogens with one attached hydrogen (secondary N) is 1. The highest BCUT2D eigenvalue weighted by molar-refractivity contribution is 5.42. The molecule has 0 atom stereocenters. The average Bonchev–Trinajstić information content (AvgIpc) is 2.24. The third kappa shape index (κ3) is 2.64. The Kier molecular flexibility index (Phi) is 2.20. The molecular weight excluding hydrogens is 178 g/mol. The zero-order valence-corrected chi connectivity index (χ0v) is 8.26. The van der Waals surface area contributed by atoms with E-state index in [1.807, 2.05) is 5.32 Å². The molecule has 1 aromatic carbocycles. The average molecular weight is 200 g/mol. The molecule has 0 aliphatic carbocycles. The van der Waals surface area contributed by atoms with Crippen molar-refractivity contribution >= 4 is 0 Å². The van der Waals surface area contributed by atoms with Gasteiger partial charge in [0.25, 0.3) is 0 Å². The highest BCUT2D eigenvalue weighted by Gasteiger charge is 2.03. The number of ether oxygens (including phenoxy) is 2. The zero-order chi connectivity index (χ0) is 14.7. The molecule has 1 aromatic rings. The van der Waals surface area contributed by atoms with Gasteiger partial charge in [0.1, 0.15) is 0 Å². The normalized spacial score (nSPS) is 17.1. The van der Waals surface area contributed by atoms with Crippen LogP contribution in [0.5, 0.6) is 11.5 Å². The Morgan fingerprint density at radius 2 is 2.14 bits per heavy atom. The summed E-state index contributed by atoms with van der Waals surface area (Å²) in [6, 6.07) is 4.94. The molecule has 0 unspecified atom stereocenters. The lowest BCUT2D eigenvalue weighted by Crippen LogP contribution is -2.10. The van der Waals surface area contributed by atoms with Crippen molar-refractivity contribution in [3.8, 4) is 11.5 Å². The zero-order valence-electron chi connectivity index (χ0n) is 13.3. The predicted octanol–water partition coefficient (Wildman–Crippen LogP) is 1.47. The van der Waals surface area contributed by atoms with E-state index in [-0.39, 0.29) is 6.42 Å². The van der Waals surface area contributed by atoms with E-state index in [4.69, 9.17) is 16.3 Å². The summed E-state index contributed by atoms with van der Waals surface area (Å²) >= 11 is 0. The fourth-order valence-electron chi connectivity index (χ4n) is 1.14. The van der Waals surface area contributed by atoms with Gasteiger partial charge in [-0.1, -0.05) is 6.07 Å². The molecule has 0 aromatic heterocycles. The van der Waals surface area contributed by atoms with E-state index in [1.54, 1.807) is 18.2 Å². The van der Waals surface area contributed by atoms with Crippen LogP contribution in [0.3, 0.4) is 0 Å². The molecule has 0 bridgehead atoms. The Morgan fingerprint density at radius 1 is 1.36 bits per heavy atom. The Hall–Kier alpha value is -1.22. The fourth-order valence-corrected chi connectivity index (χ4v) is 1.14. The van der Waals surface area contributed by atoms with Crippen molar-refractivity contribution in [2.45, 2.75) is 6.42 Å². The van der Waals surface area contributed by atoms with Crippen LogP contribution in [0.2, 0.25) is 0 Å². The first-order chi connectivity index (χ1) is 8.67. The third-order valence-corrected chi connectivity index (χ3v) is 1.83. The van der Waals surface area contributed by atoms with Crippen LogP contribution in [0.4, 0.5) is 0 Å². The van der Waals surface area contributed by atoms with E-state index in [0.717, 1.165) is 0 Å². The molecule has 0 aliphatic rings. The number of aryl methyl sites for hydroxylation is 1. The molecule has 1 rings (SSSR count). The van der Waals surface area contributed by atoms with E-state index >= 15 is 0 Å². The number of rotatable bonds is 5. The van der Waals surface area contributed by atoms with Gasteiger partial charge in [0.2, 0.25) is 0 Å². The summed E-state index contributed by atoms with van der Waals surface area (Å²) in [5, 5.41) is 1.97. The molecule has 1 N–H and O–H groups in total. The van der Waals surface area contributed by atoms with Crippen LogP contribution in [0.1, 0.15) is 12.4 Å². The van der Waals surface area contributed by atoms with Crippen molar-refractivity contribution in [3.05, 3.63) is 23.8 Å². The van der Waals surface area contributed by atoms with Crippen molar-refractivity contribution in [1.82, 2.24) is 5.32 Å². The maximum atomic E-state index is 7.67. The van der Waals surface area contributed by atoms with E-state index in [0.29, 0.717) is 17.1 Å². The Bertz CT molecular complexity index is 434. The first-order valence-electron chi connectivity index (χ1n) is 6.67. The minimum atomic E-state index is -2.53. The van der Waals surface area contributed by atoms with Gasteiger partial charge in [-0.2, -0.15) is 0 Å². The molecule has 14 heavy (non-hydrogen) atoms. The second-order valence-electron chi connectivity index (χ2n) is 2.67. The first-order valence-corrected chi connectivity index (χ1v) is 4.17. The minimum absolute atomic E-state index is 0.0915. The lowest BCUT2D eigenvalue weighted by atomic mass is 10.1. The summed E-state index contributed by atoms with van der Waals surface area (Å²) in [6.45, 7) is -4.56. The van der Waals surface area contributed by atoms with E-state index in [9.17, 15) is 0 Å². The molecular formula is C11H17NO2. The van der Waals surface area contributed by atoms with Crippen molar-refractivity contribution < 1.29 is 16.3 Å². The van der Waals surface area contributed by atoms with Crippen molar-refractivity contribution in [2.75, 3.05) is 27.7 Å². The van der Waals surface area contributed by atoms with Crippen LogP contribution < -0.4 is 14.8 Å². The molecule has 0 fully saturated rings. The molecule has 3 heteroatoms. The highest BCUT2D eigenvalue weighted by atomic mass is 16.5. The smallest absolute Gasteiger partial charge is 0.160 e. The van der Waals surface area contributed by atoms with Gasteiger partial charge in [-0.05, 0) is 37.6 Å². The maximum absolute atomic E-state index is 7.67. The van der Waals surface area contributed by atoms with E-state index in [2.05, 4.69) is 0 Å². The van der Waals surface area contributed by atoms with Crippen LogP contribution in [0.25, 0.3) is 0 Å². The third-order valence-electron chi connectivity index (χ3n) is 1.83. The number of benzene rings is 1. The molecule has 0 amide bonds. The van der Waals surface area contributed by atoms with Gasteiger partial charge in [0.15, 0.2) is 11.5 Å². The largest absolute Gasteiger partial charge is 0.493 e. The SMILES string of the molecule is [2H]C([2H])([2H])NC([2H])([2H])Cc1ccc(OC)c(OC)c1. The minimum Gasteiger partial charge on any atom is -0.493 e. The molecule has 0 spiro atoms. The second kappa shape index (κ2) is 5.50. The highest BCUT2D eigenvalue weighted by Crippen LogP contribution is 2.27. The maximum Gasteiger partial charge on any atom is 0.160 e. The quantitative estimate of drug-likeness (QED) is 0.780. The van der Waals surface area contributed by atoms with Crippen LogP contribution in [0, 0.1) is 0 Å². The van der Waals surface area contributed by atoms with Gasteiger partial charge in [-0.25, -0.2) is 0 Å². The number of hydrogen-bond donors (Lipinski definition) is 1. The monoisotopic (exact) mass is 200 g/mol. The van der Waals surface area contributed by atoms with Crippen molar-refractivity contribution in [3.63, 3.8) is 0 Å². The predicted molar refractivity (Wildman–Crippen MR) is 57.2 cm³/mol. The second-order valence-corrected chi connectivity index (χ2v) is 2.67. The Morgan fingerprint density at radius 3 is 2.79 bits per heavy atom. The standard InChI is InChI=1S/C11H17NO2/c1-12-7-6-9-4-5-10(13-2)11(8-9)14-3/h4-5,8,12H,6-7H2,1-3H3/i1D3,7D2. The summed E-state index contributed by atoms with van der Waals surface area (Å²) in [5.74, 6) is 1.01. The lowest BCUT2D eigenvalue weighted by Gasteiger charge is -2.09. The van der Waals surface area contributed by atoms with Crippen LogP contribution in [-0.4, -0.2) is 27.7 Å². The summed E-state index contributed by atoms with van der Waals surface area (Å²) in [4.78, 5) is 0. The molecule has 3 nitrogen and oxygen atoms in total. The van der Waals surface area contributed by atoms with E-state index in [1.165, 1.54) is 14.2 Å². The van der Waals surface area contributed by atoms with Gasteiger partial charge < -0.3 is 14.8 Å². The van der Waals surface area contributed by atoms with Crippen LogP contribution in [0.15, 0.2) is 18.2 Å². The molecule has 0 saturated heterocycles. The fraction of sp³-hybridized carbons (Fsp3) is 0.455. The molecule has 0 radical (unpaired) electrons. The van der Waals surface area contributed by atoms with Crippen LogP contribution in [-0.2, 0) is 6.42 Å². The lowest BCUT2D eigenvalue weighted by molar-refractivity contribution is 0.354. The van der Waals surface area contributed by atoms with Gasteiger partial charge in [0, 0.05) is 6.85 Å².